The Morgan fingerprint density at radius 2 is 2.13 bits per heavy atom. The number of hydrogen-bond acceptors (Lipinski definition) is 6. The quantitative estimate of drug-likeness (QED) is 0.737. The Labute approximate surface area is 138 Å². The fourth-order valence-corrected chi connectivity index (χ4v) is 4.69. The zero-order valence-electron chi connectivity index (χ0n) is 12.8. The molecule has 0 amide bonds. The van der Waals surface area contributed by atoms with E-state index in [1.54, 1.807) is 12.1 Å². The van der Waals surface area contributed by atoms with Gasteiger partial charge in [0.2, 0.25) is 10.0 Å². The van der Waals surface area contributed by atoms with Crippen LogP contribution >= 0.6 is 11.3 Å². The molecule has 1 aromatic carbocycles. The van der Waals surface area contributed by atoms with Crippen molar-refractivity contribution >= 4 is 32.3 Å². The van der Waals surface area contributed by atoms with E-state index in [4.69, 9.17) is 4.52 Å². The zero-order chi connectivity index (χ0) is 16.4. The maximum atomic E-state index is 12.5. The number of benzene rings is 1. The van der Waals surface area contributed by atoms with Gasteiger partial charge in [0.05, 0.1) is 6.04 Å². The number of thiazole rings is 1. The molecule has 1 N–H and O–H groups in total. The van der Waals surface area contributed by atoms with Crippen molar-refractivity contribution in [2.75, 3.05) is 0 Å². The molecule has 0 aliphatic heterocycles. The molecule has 0 fully saturated rings. The van der Waals surface area contributed by atoms with Crippen LogP contribution in [-0.4, -0.2) is 18.6 Å². The predicted molar refractivity (Wildman–Crippen MR) is 89.7 cm³/mol. The minimum atomic E-state index is -3.55. The van der Waals surface area contributed by atoms with Gasteiger partial charge in [-0.25, -0.2) is 18.1 Å². The number of aryl methyl sites for hydroxylation is 1. The molecule has 2 aromatic heterocycles. The van der Waals surface area contributed by atoms with Crippen LogP contribution in [0.2, 0.25) is 0 Å². The van der Waals surface area contributed by atoms with Crippen LogP contribution in [0.15, 0.2) is 34.2 Å². The second-order valence-electron chi connectivity index (χ2n) is 5.29. The molecule has 0 aliphatic rings. The summed E-state index contributed by atoms with van der Waals surface area (Å²) in [5.74, 6) is -0.217. The second kappa shape index (κ2) is 6.38. The van der Waals surface area contributed by atoms with E-state index in [2.05, 4.69) is 14.9 Å². The lowest BCUT2D eigenvalue weighted by Gasteiger charge is -2.14. The van der Waals surface area contributed by atoms with E-state index in [9.17, 15) is 8.42 Å². The molecule has 122 valence electrons. The third-order valence-electron chi connectivity index (χ3n) is 3.44. The van der Waals surface area contributed by atoms with Gasteiger partial charge in [-0.1, -0.05) is 24.2 Å². The lowest BCUT2D eigenvalue weighted by Crippen LogP contribution is -2.29. The van der Waals surface area contributed by atoms with Crippen LogP contribution in [0.3, 0.4) is 0 Å². The second-order valence-corrected chi connectivity index (χ2v) is 7.93. The van der Waals surface area contributed by atoms with Crippen molar-refractivity contribution in [1.29, 1.82) is 0 Å². The number of para-hydroxylation sites is 1. The average molecular weight is 351 g/mol. The summed E-state index contributed by atoms with van der Waals surface area (Å²) in [5, 5.41) is 7.29. The van der Waals surface area contributed by atoms with Crippen molar-refractivity contribution < 1.29 is 12.9 Å². The predicted octanol–water partition coefficient (Wildman–Crippen LogP) is 3.16. The van der Waals surface area contributed by atoms with Crippen LogP contribution in [0.4, 0.5) is 0 Å². The van der Waals surface area contributed by atoms with Gasteiger partial charge in [-0.15, -0.1) is 11.3 Å². The first-order valence-electron chi connectivity index (χ1n) is 7.24. The number of hydrogen-bond donors (Lipinski definition) is 1. The monoisotopic (exact) mass is 351 g/mol. The highest BCUT2D eigenvalue weighted by Gasteiger charge is 2.23. The van der Waals surface area contributed by atoms with E-state index in [1.165, 1.54) is 11.3 Å². The summed E-state index contributed by atoms with van der Waals surface area (Å²) in [5.41, 5.74) is 1.89. The molecule has 8 heteroatoms. The molecule has 0 aliphatic carbocycles. The molecule has 1 atom stereocenters. The lowest BCUT2D eigenvalue weighted by atomic mass is 10.2. The summed E-state index contributed by atoms with van der Waals surface area (Å²) >= 11 is 1.46. The number of rotatable bonds is 6. The van der Waals surface area contributed by atoms with Crippen molar-refractivity contribution in [3.05, 3.63) is 46.0 Å². The van der Waals surface area contributed by atoms with E-state index in [0.717, 1.165) is 16.1 Å². The molecule has 6 nitrogen and oxygen atoms in total. The van der Waals surface area contributed by atoms with Gasteiger partial charge in [0.15, 0.2) is 5.58 Å². The van der Waals surface area contributed by atoms with Gasteiger partial charge in [-0.2, -0.15) is 0 Å². The highest BCUT2D eigenvalue weighted by molar-refractivity contribution is 7.88. The molecule has 23 heavy (non-hydrogen) atoms. The van der Waals surface area contributed by atoms with Gasteiger partial charge >= 0.3 is 0 Å². The van der Waals surface area contributed by atoms with Gasteiger partial charge in [0, 0.05) is 16.5 Å². The van der Waals surface area contributed by atoms with E-state index in [0.29, 0.717) is 17.7 Å². The van der Waals surface area contributed by atoms with Gasteiger partial charge in [0.1, 0.15) is 16.5 Å². The Balaban J connectivity index is 1.81. The van der Waals surface area contributed by atoms with Crippen LogP contribution in [0.5, 0.6) is 0 Å². The average Bonchev–Trinajstić information content (AvgIpc) is 3.12. The summed E-state index contributed by atoms with van der Waals surface area (Å²) in [6.45, 7) is 3.82. The van der Waals surface area contributed by atoms with Gasteiger partial charge in [0.25, 0.3) is 0 Å². The molecule has 0 radical (unpaired) electrons. The fourth-order valence-electron chi connectivity index (χ4n) is 2.32. The first kappa shape index (κ1) is 16.1. The Hall–Kier alpha value is -1.77. The highest BCUT2D eigenvalue weighted by Crippen LogP contribution is 2.24. The first-order chi connectivity index (χ1) is 11.0. The lowest BCUT2D eigenvalue weighted by molar-refractivity contribution is 0.448. The number of fused-ring (bicyclic) bond motifs is 1. The van der Waals surface area contributed by atoms with Crippen LogP contribution < -0.4 is 4.72 Å². The summed E-state index contributed by atoms with van der Waals surface area (Å²) in [4.78, 5) is 4.37. The van der Waals surface area contributed by atoms with Crippen molar-refractivity contribution in [2.45, 2.75) is 32.1 Å². The Bertz CT molecular complexity index is 915. The largest absolute Gasteiger partial charge is 0.356 e. The van der Waals surface area contributed by atoms with Crippen molar-refractivity contribution in [1.82, 2.24) is 14.9 Å². The van der Waals surface area contributed by atoms with Crippen LogP contribution in [0.1, 0.15) is 35.8 Å². The maximum Gasteiger partial charge on any atom is 0.218 e. The molecule has 2 heterocycles. The molecular weight excluding hydrogens is 334 g/mol. The van der Waals surface area contributed by atoms with E-state index >= 15 is 0 Å². The number of sulfonamides is 1. The summed E-state index contributed by atoms with van der Waals surface area (Å²) in [6.07, 6.45) is 0.631. The SMILES string of the molecule is CCC(NS(=O)(=O)Cc1noc2ccccc12)c1nc(C)cs1. The molecule has 0 spiro atoms. The fraction of sp³-hybridized carbons (Fsp3) is 0.333. The zero-order valence-corrected chi connectivity index (χ0v) is 14.4. The molecule has 0 saturated carbocycles. The smallest absolute Gasteiger partial charge is 0.218 e. The Morgan fingerprint density at radius 1 is 1.35 bits per heavy atom. The van der Waals surface area contributed by atoms with Crippen LogP contribution in [0.25, 0.3) is 11.0 Å². The third kappa shape index (κ3) is 3.60. The normalized spacial score (nSPS) is 13.5. The van der Waals surface area contributed by atoms with E-state index in [-0.39, 0.29) is 11.8 Å². The minimum Gasteiger partial charge on any atom is -0.356 e. The van der Waals surface area contributed by atoms with Crippen molar-refractivity contribution in [3.8, 4) is 0 Å². The summed E-state index contributed by atoms with van der Waals surface area (Å²) in [7, 11) is -3.55. The summed E-state index contributed by atoms with van der Waals surface area (Å²) < 4.78 is 32.8. The van der Waals surface area contributed by atoms with Gasteiger partial charge in [-0.05, 0) is 25.5 Å². The molecule has 1 unspecified atom stereocenters. The minimum absolute atomic E-state index is 0.217. The number of nitrogens with one attached hydrogen (secondary N) is 1. The summed E-state index contributed by atoms with van der Waals surface area (Å²) in [6, 6.07) is 6.90. The third-order valence-corrected chi connectivity index (χ3v) is 5.82. The molecular formula is C15H17N3O3S2. The standard InChI is InChI=1S/C15H17N3O3S2/c1-3-12(15-16-10(2)8-22-15)18-23(19,20)9-13-11-6-4-5-7-14(11)21-17-13/h4-8,12,18H,3,9H2,1-2H3. The van der Waals surface area contributed by atoms with Crippen molar-refractivity contribution in [3.63, 3.8) is 0 Å². The van der Waals surface area contributed by atoms with Gasteiger partial charge in [-0.3, -0.25) is 0 Å². The number of aromatic nitrogens is 2. The maximum absolute atomic E-state index is 12.5. The Morgan fingerprint density at radius 3 is 2.83 bits per heavy atom. The topological polar surface area (TPSA) is 85.1 Å². The van der Waals surface area contributed by atoms with E-state index in [1.807, 2.05) is 31.4 Å². The first-order valence-corrected chi connectivity index (χ1v) is 9.77. The number of nitrogens with zero attached hydrogens (tertiary/aromatic N) is 2. The molecule has 3 aromatic rings. The van der Waals surface area contributed by atoms with Crippen LogP contribution in [0, 0.1) is 6.92 Å². The molecule has 3 rings (SSSR count). The van der Waals surface area contributed by atoms with Crippen LogP contribution in [-0.2, 0) is 15.8 Å². The molecule has 0 bridgehead atoms. The van der Waals surface area contributed by atoms with Gasteiger partial charge < -0.3 is 4.52 Å². The molecule has 0 saturated heterocycles. The van der Waals surface area contributed by atoms with Crippen molar-refractivity contribution in [2.24, 2.45) is 0 Å². The Kier molecular flexibility index (Phi) is 4.47. The highest BCUT2D eigenvalue weighted by atomic mass is 32.2. The van der Waals surface area contributed by atoms with E-state index < -0.39 is 10.0 Å².